The molecule has 0 aliphatic heterocycles. The molecule has 9 heteroatoms. The van der Waals surface area contributed by atoms with Crippen molar-refractivity contribution in [1.82, 2.24) is 15.0 Å². The minimum Gasteiger partial charge on any atom is -0.378 e. The van der Waals surface area contributed by atoms with Crippen LogP contribution in [0.15, 0.2) is 30.3 Å². The van der Waals surface area contributed by atoms with E-state index in [-0.39, 0.29) is 6.04 Å². The number of nitrogens with two attached hydrogens (primary N) is 1. The predicted molar refractivity (Wildman–Crippen MR) is 116 cm³/mol. The standard InChI is InChI=1S/C20H33N7O2/c1-16(2)24-20-26-18(22-10-8-17-6-4-3-5-7-17)25-19(27-20)23-11-13-29-15-14-28-12-9-21/h3-7,16H,8-15,21H2,1-2H3,(H3,22,23,24,25,26,27). The molecule has 0 saturated heterocycles. The minimum absolute atomic E-state index is 0.222. The summed E-state index contributed by atoms with van der Waals surface area (Å²) in [7, 11) is 0. The summed E-state index contributed by atoms with van der Waals surface area (Å²) >= 11 is 0. The Hall–Kier alpha value is -2.49. The lowest BCUT2D eigenvalue weighted by molar-refractivity contribution is 0.0547. The third kappa shape index (κ3) is 10.0. The Balaban J connectivity index is 1.81. The first-order valence-corrected chi connectivity index (χ1v) is 10.1. The highest BCUT2D eigenvalue weighted by Gasteiger charge is 2.07. The smallest absolute Gasteiger partial charge is 0.229 e. The van der Waals surface area contributed by atoms with Gasteiger partial charge in [-0.25, -0.2) is 0 Å². The zero-order valence-electron chi connectivity index (χ0n) is 17.4. The first kappa shape index (κ1) is 22.8. The second-order valence-corrected chi connectivity index (χ2v) is 6.71. The van der Waals surface area contributed by atoms with Crippen LogP contribution in [0.5, 0.6) is 0 Å². The predicted octanol–water partition coefficient (Wildman–Crippen LogP) is 1.75. The second kappa shape index (κ2) is 13.6. The van der Waals surface area contributed by atoms with Crippen LogP contribution in [0.25, 0.3) is 0 Å². The lowest BCUT2D eigenvalue weighted by atomic mass is 10.1. The molecule has 5 N–H and O–H groups in total. The summed E-state index contributed by atoms with van der Waals surface area (Å²) in [5.41, 5.74) is 6.63. The number of nitrogens with one attached hydrogen (secondary N) is 3. The summed E-state index contributed by atoms with van der Waals surface area (Å²) < 4.78 is 10.8. The number of aromatic nitrogens is 3. The highest BCUT2D eigenvalue weighted by molar-refractivity contribution is 5.42. The second-order valence-electron chi connectivity index (χ2n) is 6.71. The number of rotatable bonds is 15. The van der Waals surface area contributed by atoms with Gasteiger partial charge in [0.05, 0.1) is 26.4 Å². The molecule has 0 aliphatic carbocycles. The fraction of sp³-hybridized carbons (Fsp3) is 0.550. The Morgan fingerprint density at radius 2 is 1.45 bits per heavy atom. The number of benzene rings is 1. The molecule has 1 aromatic heterocycles. The number of hydrogen-bond donors (Lipinski definition) is 4. The van der Waals surface area contributed by atoms with Gasteiger partial charge in [-0.15, -0.1) is 0 Å². The normalized spacial score (nSPS) is 10.9. The Morgan fingerprint density at radius 1 is 0.828 bits per heavy atom. The van der Waals surface area contributed by atoms with Crippen molar-refractivity contribution in [3.05, 3.63) is 35.9 Å². The highest BCUT2D eigenvalue weighted by atomic mass is 16.5. The molecule has 1 heterocycles. The van der Waals surface area contributed by atoms with E-state index in [1.807, 2.05) is 32.0 Å². The van der Waals surface area contributed by atoms with E-state index >= 15 is 0 Å². The molecule has 0 aliphatic rings. The lowest BCUT2D eigenvalue weighted by Crippen LogP contribution is -2.19. The van der Waals surface area contributed by atoms with E-state index in [1.165, 1.54) is 5.56 Å². The molecule has 29 heavy (non-hydrogen) atoms. The largest absolute Gasteiger partial charge is 0.378 e. The number of ether oxygens (including phenoxy) is 2. The van der Waals surface area contributed by atoms with Gasteiger partial charge >= 0.3 is 0 Å². The van der Waals surface area contributed by atoms with Crippen molar-refractivity contribution in [2.24, 2.45) is 5.73 Å². The number of anilines is 3. The maximum atomic E-state index is 5.51. The monoisotopic (exact) mass is 403 g/mol. The maximum Gasteiger partial charge on any atom is 0.229 e. The van der Waals surface area contributed by atoms with E-state index < -0.39 is 0 Å². The van der Waals surface area contributed by atoms with Gasteiger partial charge in [0.1, 0.15) is 0 Å². The van der Waals surface area contributed by atoms with Crippen molar-refractivity contribution < 1.29 is 9.47 Å². The van der Waals surface area contributed by atoms with Gasteiger partial charge in [-0.3, -0.25) is 0 Å². The van der Waals surface area contributed by atoms with Crippen LogP contribution >= 0.6 is 0 Å². The molecule has 2 rings (SSSR count). The van der Waals surface area contributed by atoms with Crippen molar-refractivity contribution >= 4 is 17.8 Å². The van der Waals surface area contributed by atoms with Gasteiger partial charge in [0.2, 0.25) is 17.8 Å². The quantitative estimate of drug-likeness (QED) is 0.330. The summed E-state index contributed by atoms with van der Waals surface area (Å²) in [6.07, 6.45) is 0.891. The van der Waals surface area contributed by atoms with Crippen molar-refractivity contribution in [2.75, 3.05) is 62.0 Å². The van der Waals surface area contributed by atoms with E-state index in [2.05, 4.69) is 43.0 Å². The molecule has 0 bridgehead atoms. The Kier molecular flexibility index (Phi) is 10.7. The Labute approximate surface area is 172 Å². The van der Waals surface area contributed by atoms with Crippen molar-refractivity contribution in [3.63, 3.8) is 0 Å². The number of hydrogen-bond acceptors (Lipinski definition) is 9. The third-order valence-electron chi connectivity index (χ3n) is 3.76. The molecule has 0 spiro atoms. The molecule has 0 atom stereocenters. The van der Waals surface area contributed by atoms with E-state index in [1.54, 1.807) is 0 Å². The lowest BCUT2D eigenvalue weighted by Gasteiger charge is -2.13. The Bertz CT molecular complexity index is 686. The fourth-order valence-electron chi connectivity index (χ4n) is 2.46. The van der Waals surface area contributed by atoms with Crippen LogP contribution in [0.3, 0.4) is 0 Å². The van der Waals surface area contributed by atoms with E-state index in [9.17, 15) is 0 Å². The van der Waals surface area contributed by atoms with Crippen LogP contribution in [-0.4, -0.2) is 67.1 Å². The van der Waals surface area contributed by atoms with E-state index in [0.29, 0.717) is 57.4 Å². The summed E-state index contributed by atoms with van der Waals surface area (Å²) in [6, 6.07) is 10.5. The summed E-state index contributed by atoms with van der Waals surface area (Å²) in [6.45, 7) is 8.09. The molecule has 0 unspecified atom stereocenters. The third-order valence-corrected chi connectivity index (χ3v) is 3.76. The molecule has 0 amide bonds. The minimum atomic E-state index is 0.222. The molecule has 9 nitrogen and oxygen atoms in total. The number of nitrogens with zero attached hydrogens (tertiary/aromatic N) is 3. The van der Waals surface area contributed by atoms with Gasteiger partial charge in [-0.2, -0.15) is 15.0 Å². The maximum absolute atomic E-state index is 5.51. The summed E-state index contributed by atoms with van der Waals surface area (Å²) in [5.74, 6) is 1.59. The van der Waals surface area contributed by atoms with Crippen LogP contribution in [0, 0.1) is 0 Å². The SMILES string of the molecule is CC(C)Nc1nc(NCCOCCOCCN)nc(NCCc2ccccc2)n1. The van der Waals surface area contributed by atoms with Crippen LogP contribution in [0.4, 0.5) is 17.8 Å². The van der Waals surface area contributed by atoms with Gasteiger partial charge < -0.3 is 31.2 Å². The van der Waals surface area contributed by atoms with Crippen molar-refractivity contribution in [3.8, 4) is 0 Å². The molecule has 0 fully saturated rings. The van der Waals surface area contributed by atoms with Gasteiger partial charge in [0.25, 0.3) is 0 Å². The molecular formula is C20H33N7O2. The molecule has 2 aromatic rings. The van der Waals surface area contributed by atoms with Crippen LogP contribution < -0.4 is 21.7 Å². The molecule has 1 aromatic carbocycles. The molecule has 0 radical (unpaired) electrons. The molecule has 0 saturated carbocycles. The van der Waals surface area contributed by atoms with Gasteiger partial charge in [-0.05, 0) is 25.8 Å². The summed E-state index contributed by atoms with van der Waals surface area (Å²) in [5, 5.41) is 9.68. The molecular weight excluding hydrogens is 370 g/mol. The van der Waals surface area contributed by atoms with Gasteiger partial charge in [-0.1, -0.05) is 30.3 Å². The van der Waals surface area contributed by atoms with E-state index in [0.717, 1.165) is 13.0 Å². The van der Waals surface area contributed by atoms with Crippen LogP contribution in [-0.2, 0) is 15.9 Å². The highest BCUT2D eigenvalue weighted by Crippen LogP contribution is 2.10. The van der Waals surface area contributed by atoms with Gasteiger partial charge in [0, 0.05) is 25.7 Å². The topological polar surface area (TPSA) is 119 Å². The zero-order chi connectivity index (χ0) is 20.7. The zero-order valence-corrected chi connectivity index (χ0v) is 17.4. The fourth-order valence-corrected chi connectivity index (χ4v) is 2.46. The average Bonchev–Trinajstić information content (AvgIpc) is 2.70. The first-order valence-electron chi connectivity index (χ1n) is 10.1. The average molecular weight is 404 g/mol. The first-order chi connectivity index (χ1) is 14.2. The Morgan fingerprint density at radius 3 is 2.10 bits per heavy atom. The molecule has 160 valence electrons. The van der Waals surface area contributed by atoms with Crippen molar-refractivity contribution in [2.45, 2.75) is 26.3 Å². The van der Waals surface area contributed by atoms with Gasteiger partial charge in [0.15, 0.2) is 0 Å². The van der Waals surface area contributed by atoms with E-state index in [4.69, 9.17) is 15.2 Å². The summed E-state index contributed by atoms with van der Waals surface area (Å²) in [4.78, 5) is 13.3. The van der Waals surface area contributed by atoms with Crippen LogP contribution in [0.2, 0.25) is 0 Å². The van der Waals surface area contributed by atoms with Crippen LogP contribution in [0.1, 0.15) is 19.4 Å². The van der Waals surface area contributed by atoms with Crippen molar-refractivity contribution in [1.29, 1.82) is 0 Å².